The third kappa shape index (κ3) is 2.66. The summed E-state index contributed by atoms with van der Waals surface area (Å²) < 4.78 is 12.1. The minimum Gasteiger partial charge on any atom is -0.399 e. The van der Waals surface area contributed by atoms with Crippen LogP contribution < -0.4 is 10.8 Å². The number of rotatable bonds is 2. The molecule has 1 aromatic rings. The zero-order valence-corrected chi connectivity index (χ0v) is 13.1. The van der Waals surface area contributed by atoms with Gasteiger partial charge in [-0.1, -0.05) is 36.4 Å². The normalized spacial score (nSPS) is 25.9. The van der Waals surface area contributed by atoms with E-state index in [1.807, 2.05) is 12.3 Å². The van der Waals surface area contributed by atoms with Crippen molar-refractivity contribution in [3.8, 4) is 0 Å². The van der Waals surface area contributed by atoms with E-state index in [0.29, 0.717) is 0 Å². The van der Waals surface area contributed by atoms with E-state index >= 15 is 0 Å². The van der Waals surface area contributed by atoms with Crippen LogP contribution in [0.15, 0.2) is 48.7 Å². The van der Waals surface area contributed by atoms with Gasteiger partial charge in [-0.25, -0.2) is 0 Å². The van der Waals surface area contributed by atoms with Gasteiger partial charge in [0.2, 0.25) is 0 Å². The molecule has 2 heterocycles. The molecule has 0 spiro atoms. The number of allylic oxidation sites excluding steroid dienone is 2. The van der Waals surface area contributed by atoms with Gasteiger partial charge in [0.25, 0.3) is 0 Å². The Balaban J connectivity index is 1.76. The van der Waals surface area contributed by atoms with E-state index in [2.05, 4.69) is 69.4 Å². The van der Waals surface area contributed by atoms with Crippen LogP contribution in [0.25, 0.3) is 0 Å². The molecule has 3 rings (SSSR count). The number of hydrogen-bond acceptors (Lipinski definition) is 3. The van der Waals surface area contributed by atoms with Crippen LogP contribution in [0.5, 0.6) is 0 Å². The standard InChI is InChI=1S/C17H22BNO2/c1-16(2)17(3,4)21-18(20-16)14-10-8-13(9-11-14)15-7-5-6-12-19-15/h5-12,15,19H,1-4H3. The van der Waals surface area contributed by atoms with E-state index in [9.17, 15) is 0 Å². The van der Waals surface area contributed by atoms with Crippen molar-refractivity contribution < 1.29 is 9.31 Å². The first-order valence-corrected chi connectivity index (χ1v) is 7.44. The molecule has 0 aromatic heterocycles. The molecule has 0 amide bonds. The average molecular weight is 283 g/mol. The molecule has 0 bridgehead atoms. The third-order valence-corrected chi connectivity index (χ3v) is 4.61. The molecular formula is C17H22BNO2. The monoisotopic (exact) mass is 283 g/mol. The molecule has 3 nitrogen and oxygen atoms in total. The lowest BCUT2D eigenvalue weighted by molar-refractivity contribution is 0.00578. The molecule has 1 N–H and O–H groups in total. The highest BCUT2D eigenvalue weighted by molar-refractivity contribution is 6.62. The van der Waals surface area contributed by atoms with E-state index in [1.54, 1.807) is 0 Å². The van der Waals surface area contributed by atoms with Crippen LogP contribution in [0.2, 0.25) is 0 Å². The highest BCUT2D eigenvalue weighted by Crippen LogP contribution is 2.36. The highest BCUT2D eigenvalue weighted by Gasteiger charge is 2.51. The zero-order chi connectivity index (χ0) is 15.1. The van der Waals surface area contributed by atoms with E-state index in [1.165, 1.54) is 5.56 Å². The van der Waals surface area contributed by atoms with Gasteiger partial charge in [0.1, 0.15) is 0 Å². The van der Waals surface area contributed by atoms with E-state index < -0.39 is 0 Å². The van der Waals surface area contributed by atoms with Crippen molar-refractivity contribution in [2.75, 3.05) is 0 Å². The van der Waals surface area contributed by atoms with Crippen LogP contribution in [0, 0.1) is 0 Å². The van der Waals surface area contributed by atoms with Gasteiger partial charge in [0, 0.05) is 0 Å². The molecular weight excluding hydrogens is 261 g/mol. The lowest BCUT2D eigenvalue weighted by atomic mass is 9.78. The van der Waals surface area contributed by atoms with Crippen molar-refractivity contribution >= 4 is 12.6 Å². The summed E-state index contributed by atoms with van der Waals surface area (Å²) in [7, 11) is -0.293. The van der Waals surface area contributed by atoms with Crippen LogP contribution in [-0.2, 0) is 9.31 Å². The Labute approximate surface area is 127 Å². The predicted molar refractivity (Wildman–Crippen MR) is 86.3 cm³/mol. The SMILES string of the molecule is CC1(C)OB(c2ccc(C3C=CC=CN3)cc2)OC1(C)C. The molecule has 2 aliphatic heterocycles. The van der Waals surface area contributed by atoms with Gasteiger partial charge >= 0.3 is 7.12 Å². The number of dihydropyridines is 1. The summed E-state index contributed by atoms with van der Waals surface area (Å²) in [6.07, 6.45) is 8.16. The quantitative estimate of drug-likeness (QED) is 0.846. The van der Waals surface area contributed by atoms with Crippen LogP contribution in [-0.4, -0.2) is 18.3 Å². The molecule has 4 heteroatoms. The lowest BCUT2D eigenvalue weighted by Gasteiger charge is -2.32. The molecule has 110 valence electrons. The van der Waals surface area contributed by atoms with Crippen LogP contribution in [0.1, 0.15) is 39.3 Å². The highest BCUT2D eigenvalue weighted by atomic mass is 16.7. The van der Waals surface area contributed by atoms with Crippen LogP contribution in [0.3, 0.4) is 0 Å². The number of benzene rings is 1. The van der Waals surface area contributed by atoms with Gasteiger partial charge in [-0.2, -0.15) is 0 Å². The fourth-order valence-corrected chi connectivity index (χ4v) is 2.49. The Morgan fingerprint density at radius 2 is 1.57 bits per heavy atom. The minimum atomic E-state index is -0.297. The second-order valence-corrected chi connectivity index (χ2v) is 6.64. The molecule has 0 saturated carbocycles. The first kappa shape index (κ1) is 14.4. The molecule has 1 atom stereocenters. The molecule has 0 radical (unpaired) electrons. The van der Waals surface area contributed by atoms with Crippen molar-refractivity contribution in [2.24, 2.45) is 0 Å². The van der Waals surface area contributed by atoms with Crippen molar-refractivity contribution in [2.45, 2.75) is 44.9 Å². The summed E-state index contributed by atoms with van der Waals surface area (Å²) >= 11 is 0. The van der Waals surface area contributed by atoms with Crippen LogP contribution in [0.4, 0.5) is 0 Å². The largest absolute Gasteiger partial charge is 0.494 e. The van der Waals surface area contributed by atoms with Gasteiger partial charge in [-0.05, 0) is 51.0 Å². The third-order valence-electron chi connectivity index (χ3n) is 4.61. The Hall–Kier alpha value is -1.52. The summed E-state index contributed by atoms with van der Waals surface area (Å²) in [6.45, 7) is 8.30. The van der Waals surface area contributed by atoms with E-state index in [-0.39, 0.29) is 24.4 Å². The van der Waals surface area contributed by atoms with Gasteiger partial charge in [0.15, 0.2) is 0 Å². The van der Waals surface area contributed by atoms with Crippen molar-refractivity contribution in [1.82, 2.24) is 5.32 Å². The first-order valence-electron chi connectivity index (χ1n) is 7.44. The van der Waals surface area contributed by atoms with Gasteiger partial charge < -0.3 is 14.6 Å². The van der Waals surface area contributed by atoms with Gasteiger partial charge in [-0.3, -0.25) is 0 Å². The summed E-state index contributed by atoms with van der Waals surface area (Å²) in [5.74, 6) is 0. The maximum Gasteiger partial charge on any atom is 0.494 e. The van der Waals surface area contributed by atoms with E-state index in [0.717, 1.165) is 5.46 Å². The summed E-state index contributed by atoms with van der Waals surface area (Å²) in [4.78, 5) is 0. The molecule has 1 saturated heterocycles. The first-order chi connectivity index (χ1) is 9.89. The number of hydrogen-bond donors (Lipinski definition) is 1. The summed E-state index contributed by atoms with van der Waals surface area (Å²) in [6, 6.07) is 8.67. The Morgan fingerprint density at radius 1 is 0.952 bits per heavy atom. The van der Waals surface area contributed by atoms with Crippen LogP contribution >= 0.6 is 0 Å². The fraction of sp³-hybridized carbons (Fsp3) is 0.412. The second kappa shape index (κ2) is 5.04. The fourth-order valence-electron chi connectivity index (χ4n) is 2.49. The topological polar surface area (TPSA) is 30.5 Å². The second-order valence-electron chi connectivity index (χ2n) is 6.64. The summed E-state index contributed by atoms with van der Waals surface area (Å²) in [5, 5.41) is 3.32. The van der Waals surface area contributed by atoms with Crippen molar-refractivity contribution in [3.05, 3.63) is 54.3 Å². The Kier molecular flexibility index (Phi) is 3.46. The smallest absolute Gasteiger partial charge is 0.399 e. The molecule has 21 heavy (non-hydrogen) atoms. The molecule has 0 aliphatic carbocycles. The lowest BCUT2D eigenvalue weighted by Crippen LogP contribution is -2.41. The maximum atomic E-state index is 6.07. The van der Waals surface area contributed by atoms with Crippen molar-refractivity contribution in [1.29, 1.82) is 0 Å². The minimum absolute atomic E-state index is 0.238. The summed E-state index contributed by atoms with van der Waals surface area (Å²) in [5.41, 5.74) is 1.70. The Bertz CT molecular complexity index is 559. The molecule has 1 fully saturated rings. The van der Waals surface area contributed by atoms with Crippen molar-refractivity contribution in [3.63, 3.8) is 0 Å². The van der Waals surface area contributed by atoms with Gasteiger partial charge in [0.05, 0.1) is 17.2 Å². The predicted octanol–water partition coefficient (Wildman–Crippen LogP) is 2.70. The molecule has 2 aliphatic rings. The zero-order valence-electron chi connectivity index (χ0n) is 13.1. The molecule has 1 aromatic carbocycles. The van der Waals surface area contributed by atoms with Gasteiger partial charge in [-0.15, -0.1) is 0 Å². The maximum absolute atomic E-state index is 6.07. The van der Waals surface area contributed by atoms with E-state index in [4.69, 9.17) is 9.31 Å². The average Bonchev–Trinajstić information content (AvgIpc) is 2.69. The number of nitrogens with one attached hydrogen (secondary N) is 1. The molecule has 1 unspecified atom stereocenters. The Morgan fingerprint density at radius 3 is 2.10 bits per heavy atom.